The minimum Gasteiger partial charge on any atom is -0.448 e. The number of hydrogen-bond acceptors (Lipinski definition) is 5. The van der Waals surface area contributed by atoms with Crippen LogP contribution in [0.3, 0.4) is 0 Å². The zero-order chi connectivity index (χ0) is 13.5. The van der Waals surface area contributed by atoms with Crippen molar-refractivity contribution < 1.29 is 14.5 Å². The first kappa shape index (κ1) is 13.9. The Morgan fingerprint density at radius 1 is 1.56 bits per heavy atom. The molecule has 0 atom stereocenters. The third-order valence-electron chi connectivity index (χ3n) is 2.32. The zero-order valence-corrected chi connectivity index (χ0v) is 10.0. The summed E-state index contributed by atoms with van der Waals surface area (Å²) in [4.78, 5) is 20.6. The number of nitrogens with one attached hydrogen (secondary N) is 1. The summed E-state index contributed by atoms with van der Waals surface area (Å²) >= 11 is 0. The number of carbonyl (C=O) groups is 1. The second-order valence-corrected chi connectivity index (χ2v) is 3.72. The van der Waals surface area contributed by atoms with Crippen LogP contribution in [0.1, 0.15) is 11.1 Å². The third kappa shape index (κ3) is 4.38. The van der Waals surface area contributed by atoms with Gasteiger partial charge in [-0.1, -0.05) is 12.1 Å². The second kappa shape index (κ2) is 6.55. The molecule has 7 nitrogen and oxygen atoms in total. The molecule has 1 aromatic rings. The van der Waals surface area contributed by atoms with E-state index in [-0.39, 0.29) is 12.3 Å². The highest BCUT2D eigenvalue weighted by Gasteiger charge is 2.10. The predicted octanol–water partition coefficient (Wildman–Crippen LogP) is 1.09. The van der Waals surface area contributed by atoms with E-state index in [4.69, 9.17) is 5.73 Å². The molecule has 0 heterocycles. The number of aryl methyl sites for hydroxylation is 1. The lowest BCUT2D eigenvalue weighted by Gasteiger charge is -2.06. The summed E-state index contributed by atoms with van der Waals surface area (Å²) in [6.45, 7) is 2.76. The van der Waals surface area contributed by atoms with Crippen LogP contribution in [0.15, 0.2) is 18.2 Å². The summed E-state index contributed by atoms with van der Waals surface area (Å²) in [7, 11) is 0. The Morgan fingerprint density at radius 2 is 2.28 bits per heavy atom. The van der Waals surface area contributed by atoms with E-state index in [2.05, 4.69) is 10.1 Å². The van der Waals surface area contributed by atoms with Crippen molar-refractivity contribution in [2.75, 3.05) is 13.2 Å². The van der Waals surface area contributed by atoms with Crippen molar-refractivity contribution >= 4 is 11.8 Å². The number of ether oxygens (including phenoxy) is 1. The highest BCUT2D eigenvalue weighted by atomic mass is 16.6. The van der Waals surface area contributed by atoms with Crippen molar-refractivity contribution in [3.05, 3.63) is 39.4 Å². The number of benzene rings is 1. The summed E-state index contributed by atoms with van der Waals surface area (Å²) in [6.07, 6.45) is -0.817. The summed E-state index contributed by atoms with van der Waals surface area (Å²) in [5.41, 5.74) is 6.31. The van der Waals surface area contributed by atoms with Crippen LogP contribution in [0.2, 0.25) is 0 Å². The molecule has 0 saturated carbocycles. The third-order valence-corrected chi connectivity index (χ3v) is 2.32. The molecule has 3 N–H and O–H groups in total. The Bertz CT molecular complexity index is 448. The lowest BCUT2D eigenvalue weighted by molar-refractivity contribution is -0.385. The Hall–Kier alpha value is -2.15. The first-order valence-electron chi connectivity index (χ1n) is 5.37. The van der Waals surface area contributed by atoms with Crippen LogP contribution in [0.25, 0.3) is 0 Å². The minimum atomic E-state index is -0.817. The zero-order valence-electron chi connectivity index (χ0n) is 10.0. The van der Waals surface area contributed by atoms with Crippen LogP contribution in [0.5, 0.6) is 0 Å². The van der Waals surface area contributed by atoms with Crippen LogP contribution in [0.4, 0.5) is 10.5 Å². The van der Waals surface area contributed by atoms with Crippen molar-refractivity contribution in [2.45, 2.75) is 13.5 Å². The number of nitro benzene ring substituents is 1. The molecule has 98 valence electrons. The monoisotopic (exact) mass is 253 g/mol. The molecule has 0 spiro atoms. The molecule has 7 heteroatoms. The molecule has 0 unspecified atom stereocenters. The molecular weight excluding hydrogens is 238 g/mol. The molecular formula is C11H15N3O4. The van der Waals surface area contributed by atoms with Gasteiger partial charge in [0.15, 0.2) is 0 Å². The van der Waals surface area contributed by atoms with Crippen LogP contribution in [-0.4, -0.2) is 24.2 Å². The molecule has 0 saturated heterocycles. The van der Waals surface area contributed by atoms with E-state index in [1.807, 2.05) is 6.07 Å². The maximum absolute atomic E-state index is 10.7. The van der Waals surface area contributed by atoms with E-state index in [0.29, 0.717) is 18.7 Å². The molecule has 1 aromatic carbocycles. The average Bonchev–Trinajstić information content (AvgIpc) is 2.30. The molecule has 0 bridgehead atoms. The van der Waals surface area contributed by atoms with Gasteiger partial charge in [0.25, 0.3) is 5.69 Å². The number of amides is 1. The number of hydrogen-bond donors (Lipinski definition) is 2. The van der Waals surface area contributed by atoms with Crippen molar-refractivity contribution in [1.29, 1.82) is 0 Å². The van der Waals surface area contributed by atoms with E-state index < -0.39 is 11.0 Å². The van der Waals surface area contributed by atoms with Gasteiger partial charge in [-0.05, 0) is 12.5 Å². The molecule has 0 aliphatic heterocycles. The van der Waals surface area contributed by atoms with Gasteiger partial charge in [0.2, 0.25) is 0 Å². The minimum absolute atomic E-state index is 0.0997. The largest absolute Gasteiger partial charge is 0.448 e. The van der Waals surface area contributed by atoms with Crippen LogP contribution < -0.4 is 11.1 Å². The van der Waals surface area contributed by atoms with Gasteiger partial charge in [0, 0.05) is 24.7 Å². The topological polar surface area (TPSA) is 107 Å². The molecule has 0 aliphatic carbocycles. The molecule has 18 heavy (non-hydrogen) atoms. The first-order chi connectivity index (χ1) is 8.50. The maximum Gasteiger partial charge on any atom is 0.404 e. The standard InChI is InChI=1S/C11H15N3O4/c1-8-2-3-9(6-10(8)14(16)17)7-13-4-5-18-11(12)15/h2-3,6,13H,4-5,7H2,1H3,(H2,12,15). The highest BCUT2D eigenvalue weighted by molar-refractivity contribution is 5.64. The van der Waals surface area contributed by atoms with E-state index in [1.54, 1.807) is 13.0 Å². The van der Waals surface area contributed by atoms with Gasteiger partial charge in [-0.15, -0.1) is 0 Å². The Balaban J connectivity index is 2.45. The quantitative estimate of drug-likeness (QED) is 0.448. The van der Waals surface area contributed by atoms with Gasteiger partial charge in [-0.2, -0.15) is 0 Å². The number of carbonyl (C=O) groups excluding carboxylic acids is 1. The van der Waals surface area contributed by atoms with Gasteiger partial charge in [0.1, 0.15) is 6.61 Å². The molecule has 0 aromatic heterocycles. The summed E-state index contributed by atoms with van der Waals surface area (Å²) in [5.74, 6) is 0. The fourth-order valence-corrected chi connectivity index (χ4v) is 1.42. The molecule has 1 rings (SSSR count). The van der Waals surface area contributed by atoms with E-state index >= 15 is 0 Å². The number of nitro groups is 1. The number of nitrogens with two attached hydrogens (primary N) is 1. The van der Waals surface area contributed by atoms with Crippen LogP contribution in [0, 0.1) is 17.0 Å². The SMILES string of the molecule is Cc1ccc(CNCCOC(N)=O)cc1[N+](=O)[O-]. The van der Waals surface area contributed by atoms with Gasteiger partial charge < -0.3 is 15.8 Å². The Labute approximate surface area is 104 Å². The lowest BCUT2D eigenvalue weighted by atomic mass is 10.1. The molecule has 0 aliphatic rings. The van der Waals surface area contributed by atoms with Crippen molar-refractivity contribution in [3.8, 4) is 0 Å². The number of nitrogens with zero attached hydrogens (tertiary/aromatic N) is 1. The lowest BCUT2D eigenvalue weighted by Crippen LogP contribution is -2.23. The van der Waals surface area contributed by atoms with Crippen molar-refractivity contribution in [2.24, 2.45) is 5.73 Å². The fourth-order valence-electron chi connectivity index (χ4n) is 1.42. The van der Waals surface area contributed by atoms with E-state index in [0.717, 1.165) is 5.56 Å². The second-order valence-electron chi connectivity index (χ2n) is 3.72. The Morgan fingerprint density at radius 3 is 2.89 bits per heavy atom. The highest BCUT2D eigenvalue weighted by Crippen LogP contribution is 2.18. The van der Waals surface area contributed by atoms with Gasteiger partial charge in [-0.3, -0.25) is 10.1 Å². The van der Waals surface area contributed by atoms with Crippen molar-refractivity contribution in [3.63, 3.8) is 0 Å². The molecule has 0 radical (unpaired) electrons. The summed E-state index contributed by atoms with van der Waals surface area (Å²) < 4.78 is 4.53. The number of rotatable bonds is 6. The average molecular weight is 253 g/mol. The molecule has 0 fully saturated rings. The van der Waals surface area contributed by atoms with E-state index in [1.165, 1.54) is 6.07 Å². The summed E-state index contributed by atoms with van der Waals surface area (Å²) in [5, 5.41) is 13.7. The van der Waals surface area contributed by atoms with Gasteiger partial charge >= 0.3 is 6.09 Å². The fraction of sp³-hybridized carbons (Fsp3) is 0.364. The van der Waals surface area contributed by atoms with Gasteiger partial charge in [0.05, 0.1) is 4.92 Å². The smallest absolute Gasteiger partial charge is 0.404 e. The normalized spacial score (nSPS) is 10.1. The van der Waals surface area contributed by atoms with Crippen LogP contribution >= 0.6 is 0 Å². The molecule has 1 amide bonds. The van der Waals surface area contributed by atoms with Crippen LogP contribution in [-0.2, 0) is 11.3 Å². The maximum atomic E-state index is 10.7. The number of primary amides is 1. The Kier molecular flexibility index (Phi) is 5.06. The summed E-state index contributed by atoms with van der Waals surface area (Å²) in [6, 6.07) is 5.04. The van der Waals surface area contributed by atoms with E-state index in [9.17, 15) is 14.9 Å². The first-order valence-corrected chi connectivity index (χ1v) is 5.37. The van der Waals surface area contributed by atoms with Gasteiger partial charge in [-0.25, -0.2) is 4.79 Å². The predicted molar refractivity (Wildman–Crippen MR) is 65.1 cm³/mol. The van der Waals surface area contributed by atoms with Crippen molar-refractivity contribution in [1.82, 2.24) is 5.32 Å².